The summed E-state index contributed by atoms with van der Waals surface area (Å²) >= 11 is 0. The monoisotopic (exact) mass is 412 g/mol. The lowest BCUT2D eigenvalue weighted by molar-refractivity contribution is -0.116. The van der Waals surface area contributed by atoms with Crippen LogP contribution in [-0.4, -0.2) is 24.9 Å². The molecule has 0 saturated carbocycles. The second-order valence-electron chi connectivity index (χ2n) is 6.90. The van der Waals surface area contributed by atoms with Crippen LogP contribution >= 0.6 is 0 Å². The summed E-state index contributed by atoms with van der Waals surface area (Å²) in [7, 11) is 0. The minimum Gasteiger partial charge on any atom is -0.352 e. The fourth-order valence-electron chi connectivity index (χ4n) is 2.65. The number of carbonyl (C=O) groups is 2. The molecule has 0 aliphatic heterocycles. The standard InChI is InChI=1S/C25H24N4O2/c1-2-19(17-28-24(30)13-11-20-3-7-22(15-26)8-4-20)18-29-25(31)14-12-21-5-9-23(16-27)10-6-21/h3-14,19H,2,17-18H2,1H3,(H,28,30)(H,29,31)/b13-11+,14-12+. The number of carbonyl (C=O) groups excluding carboxylic acids is 2. The topological polar surface area (TPSA) is 106 Å². The maximum absolute atomic E-state index is 12.0. The predicted molar refractivity (Wildman–Crippen MR) is 120 cm³/mol. The Morgan fingerprint density at radius 3 is 1.52 bits per heavy atom. The Balaban J connectivity index is 1.75. The predicted octanol–water partition coefficient (Wildman–Crippen LogP) is 3.42. The van der Waals surface area contributed by atoms with Crippen LogP contribution in [0.25, 0.3) is 12.2 Å². The third-order valence-electron chi connectivity index (χ3n) is 4.64. The van der Waals surface area contributed by atoms with Gasteiger partial charge in [-0.2, -0.15) is 10.5 Å². The third-order valence-corrected chi connectivity index (χ3v) is 4.64. The Morgan fingerprint density at radius 2 is 1.19 bits per heavy atom. The first-order valence-electron chi connectivity index (χ1n) is 9.96. The van der Waals surface area contributed by atoms with Crippen molar-refractivity contribution in [1.82, 2.24) is 10.6 Å². The third kappa shape index (κ3) is 8.39. The smallest absolute Gasteiger partial charge is 0.244 e. The van der Waals surface area contributed by atoms with E-state index in [1.54, 1.807) is 60.7 Å². The van der Waals surface area contributed by atoms with Crippen LogP contribution < -0.4 is 10.6 Å². The van der Waals surface area contributed by atoms with E-state index in [1.807, 2.05) is 6.92 Å². The molecule has 0 unspecified atom stereocenters. The zero-order chi connectivity index (χ0) is 22.5. The van der Waals surface area contributed by atoms with Crippen LogP contribution in [0.1, 0.15) is 35.6 Å². The summed E-state index contributed by atoms with van der Waals surface area (Å²) in [5.74, 6) is -0.316. The SMILES string of the molecule is CCC(CNC(=O)/C=C/c1ccc(C#N)cc1)CNC(=O)/C=C/c1ccc(C#N)cc1. The molecule has 0 saturated heterocycles. The van der Waals surface area contributed by atoms with E-state index in [2.05, 4.69) is 22.8 Å². The number of nitriles is 2. The summed E-state index contributed by atoms with van der Waals surface area (Å²) in [6.07, 6.45) is 7.08. The van der Waals surface area contributed by atoms with Crippen LogP contribution in [0.4, 0.5) is 0 Å². The zero-order valence-electron chi connectivity index (χ0n) is 17.3. The van der Waals surface area contributed by atoms with Crippen molar-refractivity contribution in [2.75, 3.05) is 13.1 Å². The molecular formula is C25H24N4O2. The van der Waals surface area contributed by atoms with E-state index >= 15 is 0 Å². The van der Waals surface area contributed by atoms with Crippen molar-refractivity contribution >= 4 is 24.0 Å². The first-order chi connectivity index (χ1) is 15.0. The van der Waals surface area contributed by atoms with Crippen molar-refractivity contribution in [1.29, 1.82) is 10.5 Å². The molecule has 0 radical (unpaired) electrons. The molecule has 0 fully saturated rings. The molecule has 156 valence electrons. The highest BCUT2D eigenvalue weighted by atomic mass is 16.2. The average Bonchev–Trinajstić information content (AvgIpc) is 2.82. The summed E-state index contributed by atoms with van der Waals surface area (Å²) in [6, 6.07) is 18.0. The Kier molecular flexibility index (Phi) is 9.26. The molecule has 2 amide bonds. The number of nitrogens with zero attached hydrogens (tertiary/aromatic N) is 2. The summed E-state index contributed by atoms with van der Waals surface area (Å²) in [5, 5.41) is 23.3. The van der Waals surface area contributed by atoms with E-state index in [-0.39, 0.29) is 17.7 Å². The van der Waals surface area contributed by atoms with E-state index in [0.717, 1.165) is 17.5 Å². The van der Waals surface area contributed by atoms with Gasteiger partial charge in [0.2, 0.25) is 11.8 Å². The second kappa shape index (κ2) is 12.4. The van der Waals surface area contributed by atoms with Gasteiger partial charge in [0.15, 0.2) is 0 Å². The van der Waals surface area contributed by atoms with Gasteiger partial charge in [-0.1, -0.05) is 31.2 Å². The quantitative estimate of drug-likeness (QED) is 0.616. The van der Waals surface area contributed by atoms with Crippen LogP contribution in [0.2, 0.25) is 0 Å². The van der Waals surface area contributed by atoms with Crippen molar-refractivity contribution in [2.45, 2.75) is 13.3 Å². The maximum Gasteiger partial charge on any atom is 0.244 e. The van der Waals surface area contributed by atoms with Gasteiger partial charge in [-0.15, -0.1) is 0 Å². The summed E-state index contributed by atoms with van der Waals surface area (Å²) in [4.78, 5) is 24.1. The molecule has 0 spiro atoms. The van der Waals surface area contributed by atoms with E-state index < -0.39 is 0 Å². The van der Waals surface area contributed by atoms with E-state index in [0.29, 0.717) is 24.2 Å². The highest BCUT2D eigenvalue weighted by molar-refractivity contribution is 5.92. The molecule has 2 aromatic rings. The summed E-state index contributed by atoms with van der Waals surface area (Å²) in [6.45, 7) is 2.90. The number of nitrogens with one attached hydrogen (secondary N) is 2. The molecule has 0 heterocycles. The Hall–Kier alpha value is -4.16. The highest BCUT2D eigenvalue weighted by Crippen LogP contribution is 2.06. The molecule has 6 nitrogen and oxygen atoms in total. The van der Waals surface area contributed by atoms with Gasteiger partial charge >= 0.3 is 0 Å². The van der Waals surface area contributed by atoms with Crippen molar-refractivity contribution < 1.29 is 9.59 Å². The lowest BCUT2D eigenvalue weighted by atomic mass is 10.1. The fourth-order valence-corrected chi connectivity index (χ4v) is 2.65. The number of amides is 2. The lowest BCUT2D eigenvalue weighted by Gasteiger charge is -2.15. The molecule has 2 aromatic carbocycles. The summed E-state index contributed by atoms with van der Waals surface area (Å²) < 4.78 is 0. The van der Waals surface area contributed by atoms with Crippen LogP contribution in [-0.2, 0) is 9.59 Å². The van der Waals surface area contributed by atoms with Gasteiger partial charge < -0.3 is 10.6 Å². The Bertz CT molecular complexity index is 940. The van der Waals surface area contributed by atoms with Gasteiger partial charge in [0.05, 0.1) is 23.3 Å². The average molecular weight is 412 g/mol. The zero-order valence-corrected chi connectivity index (χ0v) is 17.3. The normalized spacial score (nSPS) is 10.7. The molecule has 31 heavy (non-hydrogen) atoms. The summed E-state index contributed by atoms with van der Waals surface area (Å²) in [5.41, 5.74) is 2.81. The van der Waals surface area contributed by atoms with E-state index in [4.69, 9.17) is 10.5 Å². The van der Waals surface area contributed by atoms with E-state index in [1.165, 1.54) is 12.2 Å². The fraction of sp³-hybridized carbons (Fsp3) is 0.200. The van der Waals surface area contributed by atoms with Crippen molar-refractivity contribution in [3.63, 3.8) is 0 Å². The van der Waals surface area contributed by atoms with Gasteiger partial charge in [-0.25, -0.2) is 0 Å². The number of benzene rings is 2. The van der Waals surface area contributed by atoms with Crippen molar-refractivity contribution in [2.24, 2.45) is 5.92 Å². The largest absolute Gasteiger partial charge is 0.352 e. The number of hydrogen-bond acceptors (Lipinski definition) is 4. The molecule has 2 N–H and O–H groups in total. The molecule has 2 rings (SSSR count). The van der Waals surface area contributed by atoms with Gasteiger partial charge in [-0.3, -0.25) is 9.59 Å². The molecule has 0 aliphatic rings. The van der Waals surface area contributed by atoms with Crippen LogP contribution in [0.15, 0.2) is 60.7 Å². The minimum atomic E-state index is -0.213. The second-order valence-corrected chi connectivity index (χ2v) is 6.90. The molecule has 0 aliphatic carbocycles. The first-order valence-corrected chi connectivity index (χ1v) is 9.96. The molecule has 0 aromatic heterocycles. The molecule has 0 bridgehead atoms. The maximum atomic E-state index is 12.0. The Labute approximate surface area is 182 Å². The van der Waals surface area contributed by atoms with Gasteiger partial charge in [0, 0.05) is 25.2 Å². The van der Waals surface area contributed by atoms with Gasteiger partial charge in [0.25, 0.3) is 0 Å². The highest BCUT2D eigenvalue weighted by Gasteiger charge is 2.08. The lowest BCUT2D eigenvalue weighted by Crippen LogP contribution is -2.35. The van der Waals surface area contributed by atoms with E-state index in [9.17, 15) is 9.59 Å². The van der Waals surface area contributed by atoms with Gasteiger partial charge in [-0.05, 0) is 59.9 Å². The van der Waals surface area contributed by atoms with Crippen LogP contribution in [0.5, 0.6) is 0 Å². The number of rotatable bonds is 9. The molecule has 6 heteroatoms. The van der Waals surface area contributed by atoms with Crippen LogP contribution in [0, 0.1) is 28.6 Å². The Morgan fingerprint density at radius 1 is 0.806 bits per heavy atom. The minimum absolute atomic E-state index is 0.111. The number of hydrogen-bond donors (Lipinski definition) is 2. The first kappa shape index (κ1) is 23.1. The molecular weight excluding hydrogens is 388 g/mol. The van der Waals surface area contributed by atoms with Gasteiger partial charge in [0.1, 0.15) is 0 Å². The van der Waals surface area contributed by atoms with Crippen molar-refractivity contribution in [3.8, 4) is 12.1 Å². The molecule has 0 atom stereocenters. The van der Waals surface area contributed by atoms with Crippen molar-refractivity contribution in [3.05, 3.63) is 82.9 Å². The van der Waals surface area contributed by atoms with Crippen LogP contribution in [0.3, 0.4) is 0 Å².